The molecule has 63 heavy (non-hydrogen) atoms. The van der Waals surface area contributed by atoms with Crippen LogP contribution in [0.3, 0.4) is 0 Å². The SMILES string of the molecule is c1ccc(-c2cccc(-c3cccc(-n4c5ccccc5c5c(-n6c7ccccc7c7c([Si](c8ccccc8)(c8ccccc8)c8ccccc8)cccc76)cccc54)c3)c2)cc1. The molecule has 0 bridgehead atoms. The van der Waals surface area contributed by atoms with Crippen LogP contribution in [0.15, 0.2) is 255 Å². The Morgan fingerprint density at radius 1 is 0.270 bits per heavy atom. The largest absolute Gasteiger partial charge is 0.309 e. The number of hydrogen-bond donors (Lipinski definition) is 0. The Morgan fingerprint density at radius 3 is 1.30 bits per heavy atom. The maximum Gasteiger partial charge on any atom is 0.180 e. The van der Waals surface area contributed by atoms with Crippen LogP contribution >= 0.6 is 0 Å². The van der Waals surface area contributed by atoms with Gasteiger partial charge in [-0.15, -0.1) is 0 Å². The Balaban J connectivity index is 1.12. The molecule has 0 amide bonds. The average Bonchev–Trinajstić information content (AvgIpc) is 3.89. The van der Waals surface area contributed by atoms with E-state index in [0.717, 1.165) is 5.69 Å². The van der Waals surface area contributed by atoms with E-state index in [2.05, 4.69) is 264 Å². The minimum absolute atomic E-state index is 1.13. The predicted molar refractivity (Wildman–Crippen MR) is 270 cm³/mol. The van der Waals surface area contributed by atoms with Crippen LogP contribution in [0.4, 0.5) is 0 Å². The van der Waals surface area contributed by atoms with E-state index in [-0.39, 0.29) is 0 Å². The Kier molecular flexibility index (Phi) is 8.87. The molecule has 0 unspecified atom stereocenters. The van der Waals surface area contributed by atoms with Crippen molar-refractivity contribution < 1.29 is 0 Å². The molecule has 296 valence electrons. The van der Waals surface area contributed by atoms with Crippen LogP contribution in [0.25, 0.3) is 77.2 Å². The van der Waals surface area contributed by atoms with Crippen molar-refractivity contribution in [1.82, 2.24) is 9.13 Å². The molecule has 10 aromatic carbocycles. The Hall–Kier alpha value is -7.98. The number of rotatable bonds is 8. The third-order valence-electron chi connectivity index (χ3n) is 13.0. The van der Waals surface area contributed by atoms with Gasteiger partial charge in [0.2, 0.25) is 0 Å². The Labute approximate surface area is 368 Å². The van der Waals surface area contributed by atoms with E-state index in [1.165, 1.54) is 92.3 Å². The predicted octanol–water partition coefficient (Wildman–Crippen LogP) is 12.6. The highest BCUT2D eigenvalue weighted by atomic mass is 28.3. The number of para-hydroxylation sites is 2. The van der Waals surface area contributed by atoms with Gasteiger partial charge < -0.3 is 9.13 Å². The maximum absolute atomic E-state index is 2.88. The standard InChI is InChI=1S/C60H42N2Si/c1-5-21-43(22-6-1)44-23-17-24-45(41-44)46-25-18-26-47(42-46)61-53-35-15-13-33-51(53)59-55(61)37-19-38-56(59)62-54-36-16-14-34-52(54)60-57(62)39-20-40-58(60)63(48-27-7-2-8-28-48,49-29-9-3-10-30-49)50-31-11-4-12-32-50/h1-42H. The molecule has 0 spiro atoms. The molecule has 0 saturated heterocycles. The summed E-state index contributed by atoms with van der Waals surface area (Å²) < 4.78 is 5.00. The topological polar surface area (TPSA) is 9.86 Å². The van der Waals surface area contributed by atoms with E-state index in [9.17, 15) is 0 Å². The second-order valence-electron chi connectivity index (χ2n) is 16.4. The van der Waals surface area contributed by atoms with Crippen molar-refractivity contribution in [3.05, 3.63) is 255 Å². The molecule has 0 radical (unpaired) electrons. The summed E-state index contributed by atoms with van der Waals surface area (Å²) in [7, 11) is -2.88. The van der Waals surface area contributed by atoms with E-state index >= 15 is 0 Å². The highest BCUT2D eigenvalue weighted by Crippen LogP contribution is 2.40. The smallest absolute Gasteiger partial charge is 0.180 e. The summed E-state index contributed by atoms with van der Waals surface area (Å²) in [4.78, 5) is 0. The first-order valence-electron chi connectivity index (χ1n) is 21.8. The summed E-state index contributed by atoms with van der Waals surface area (Å²) in [6.07, 6.45) is 0. The molecule has 2 heterocycles. The molecule has 0 atom stereocenters. The van der Waals surface area contributed by atoms with Gasteiger partial charge in [0.05, 0.1) is 27.8 Å². The van der Waals surface area contributed by atoms with E-state index in [1.54, 1.807) is 0 Å². The van der Waals surface area contributed by atoms with Gasteiger partial charge in [-0.1, -0.05) is 206 Å². The second-order valence-corrected chi connectivity index (χ2v) is 20.2. The molecule has 2 nitrogen and oxygen atoms in total. The van der Waals surface area contributed by atoms with Crippen LogP contribution < -0.4 is 20.7 Å². The van der Waals surface area contributed by atoms with Crippen molar-refractivity contribution in [2.45, 2.75) is 0 Å². The van der Waals surface area contributed by atoms with Crippen molar-refractivity contribution in [1.29, 1.82) is 0 Å². The maximum atomic E-state index is 2.54. The molecule has 12 aromatic rings. The number of hydrogen-bond acceptors (Lipinski definition) is 0. The van der Waals surface area contributed by atoms with Gasteiger partial charge in [-0.05, 0) is 91.5 Å². The lowest BCUT2D eigenvalue weighted by Crippen LogP contribution is -2.74. The molecule has 3 heteroatoms. The molecule has 0 saturated carbocycles. The van der Waals surface area contributed by atoms with Crippen molar-refractivity contribution in [3.8, 4) is 33.6 Å². The van der Waals surface area contributed by atoms with Crippen LogP contribution in [0.5, 0.6) is 0 Å². The molecular weight excluding hydrogens is 777 g/mol. The Morgan fingerprint density at radius 2 is 0.683 bits per heavy atom. The summed E-state index contributed by atoms with van der Waals surface area (Å²) >= 11 is 0. The zero-order valence-electron chi connectivity index (χ0n) is 34.6. The van der Waals surface area contributed by atoms with Gasteiger partial charge in [-0.25, -0.2) is 0 Å². The van der Waals surface area contributed by atoms with Gasteiger partial charge in [-0.3, -0.25) is 0 Å². The third-order valence-corrected chi connectivity index (χ3v) is 17.9. The average molecular weight is 819 g/mol. The van der Waals surface area contributed by atoms with E-state index < -0.39 is 8.07 Å². The summed E-state index contributed by atoms with van der Waals surface area (Å²) in [5, 5.41) is 10.5. The van der Waals surface area contributed by atoms with Crippen LogP contribution in [-0.2, 0) is 0 Å². The zero-order valence-corrected chi connectivity index (χ0v) is 35.6. The molecule has 0 aliphatic carbocycles. The minimum Gasteiger partial charge on any atom is -0.309 e. The lowest BCUT2D eigenvalue weighted by molar-refractivity contribution is 1.17. The van der Waals surface area contributed by atoms with Gasteiger partial charge in [0.1, 0.15) is 0 Å². The lowest BCUT2D eigenvalue weighted by Gasteiger charge is -2.35. The molecule has 0 fully saturated rings. The molecular formula is C60H42N2Si. The van der Waals surface area contributed by atoms with Crippen LogP contribution in [0.2, 0.25) is 0 Å². The summed E-state index contributed by atoms with van der Waals surface area (Å²) in [5.74, 6) is 0. The fourth-order valence-corrected chi connectivity index (χ4v) is 15.4. The van der Waals surface area contributed by atoms with Crippen LogP contribution in [0, 0.1) is 0 Å². The molecule has 0 aliphatic rings. The summed E-state index contributed by atoms with van der Waals surface area (Å²) in [6, 6.07) is 94.2. The fourth-order valence-electron chi connectivity index (χ4n) is 10.4. The quantitative estimate of drug-likeness (QED) is 0.107. The first kappa shape index (κ1) is 36.8. The minimum atomic E-state index is -2.88. The van der Waals surface area contributed by atoms with E-state index in [4.69, 9.17) is 0 Å². The van der Waals surface area contributed by atoms with Gasteiger partial charge in [0.25, 0.3) is 0 Å². The van der Waals surface area contributed by atoms with Gasteiger partial charge in [0, 0.05) is 27.2 Å². The van der Waals surface area contributed by atoms with Crippen molar-refractivity contribution >= 4 is 72.4 Å². The Bertz CT molecular complexity index is 3510. The summed E-state index contributed by atoms with van der Waals surface area (Å²) in [6.45, 7) is 0. The van der Waals surface area contributed by atoms with Crippen molar-refractivity contribution in [2.75, 3.05) is 0 Å². The normalized spacial score (nSPS) is 11.8. The molecule has 0 aliphatic heterocycles. The fraction of sp³-hybridized carbons (Fsp3) is 0. The van der Waals surface area contributed by atoms with E-state index in [0.29, 0.717) is 0 Å². The van der Waals surface area contributed by atoms with Gasteiger partial charge in [0.15, 0.2) is 8.07 Å². The van der Waals surface area contributed by atoms with Crippen LogP contribution in [0.1, 0.15) is 0 Å². The zero-order chi connectivity index (χ0) is 41.7. The first-order valence-corrected chi connectivity index (χ1v) is 23.8. The number of fused-ring (bicyclic) bond motifs is 6. The monoisotopic (exact) mass is 818 g/mol. The van der Waals surface area contributed by atoms with Crippen molar-refractivity contribution in [2.24, 2.45) is 0 Å². The highest BCUT2D eigenvalue weighted by molar-refractivity contribution is 7.20. The van der Waals surface area contributed by atoms with Gasteiger partial charge >= 0.3 is 0 Å². The third kappa shape index (κ3) is 5.85. The molecule has 2 aromatic heterocycles. The van der Waals surface area contributed by atoms with Gasteiger partial charge in [-0.2, -0.15) is 0 Å². The lowest BCUT2D eigenvalue weighted by atomic mass is 9.99. The first-order chi connectivity index (χ1) is 31.3. The molecule has 0 N–H and O–H groups in total. The summed E-state index contributed by atoms with van der Waals surface area (Å²) in [5.41, 5.74) is 11.9. The van der Waals surface area contributed by atoms with Crippen molar-refractivity contribution in [3.63, 3.8) is 0 Å². The number of benzene rings is 10. The highest BCUT2D eigenvalue weighted by Gasteiger charge is 2.43. The molecule has 12 rings (SSSR count). The number of aromatic nitrogens is 2. The van der Waals surface area contributed by atoms with Crippen LogP contribution in [-0.4, -0.2) is 17.2 Å². The van der Waals surface area contributed by atoms with E-state index in [1.807, 2.05) is 0 Å². The second kappa shape index (κ2) is 15.2. The number of nitrogens with zero attached hydrogens (tertiary/aromatic N) is 2.